The molecule has 0 radical (unpaired) electrons. The van der Waals surface area contributed by atoms with Gasteiger partial charge >= 0.3 is 0 Å². The molecular weight excluding hydrogens is 340 g/mol. The fraction of sp³-hybridized carbons (Fsp3) is 0.150. The lowest BCUT2D eigenvalue weighted by atomic mass is 10.2. The van der Waals surface area contributed by atoms with Crippen molar-refractivity contribution in [3.8, 4) is 0 Å². The molecule has 0 aliphatic heterocycles. The van der Waals surface area contributed by atoms with E-state index in [-0.39, 0.29) is 12.5 Å². The fourth-order valence-electron chi connectivity index (χ4n) is 2.98. The van der Waals surface area contributed by atoms with Crippen LogP contribution in [-0.4, -0.2) is 25.2 Å². The summed E-state index contributed by atoms with van der Waals surface area (Å²) in [6, 6.07) is 17.9. The molecule has 2 aromatic carbocycles. The van der Waals surface area contributed by atoms with Crippen molar-refractivity contribution in [3.63, 3.8) is 0 Å². The van der Waals surface area contributed by atoms with Crippen LogP contribution in [0.4, 0.5) is 11.6 Å². The summed E-state index contributed by atoms with van der Waals surface area (Å²) >= 11 is 0. The molecule has 0 aliphatic carbocycles. The quantitative estimate of drug-likeness (QED) is 0.554. The van der Waals surface area contributed by atoms with Gasteiger partial charge in [0.25, 0.3) is 0 Å². The SMILES string of the molecule is Cn1cc(NC(=O)Cn2c(NCc3ccccc3)nc3ccccc32)cn1. The lowest BCUT2D eigenvalue weighted by Crippen LogP contribution is -2.20. The zero-order valence-electron chi connectivity index (χ0n) is 15.0. The number of aryl methyl sites for hydroxylation is 1. The zero-order valence-corrected chi connectivity index (χ0v) is 15.0. The summed E-state index contributed by atoms with van der Waals surface area (Å²) in [4.78, 5) is 17.2. The Bertz CT molecular complexity index is 1070. The van der Waals surface area contributed by atoms with Crippen LogP contribution in [0.2, 0.25) is 0 Å². The average Bonchev–Trinajstić information content (AvgIpc) is 3.24. The van der Waals surface area contributed by atoms with Gasteiger partial charge in [0.2, 0.25) is 11.9 Å². The highest BCUT2D eigenvalue weighted by Gasteiger charge is 2.14. The number of hydrogen-bond donors (Lipinski definition) is 2. The monoisotopic (exact) mass is 360 g/mol. The Hall–Kier alpha value is -3.61. The highest BCUT2D eigenvalue weighted by atomic mass is 16.2. The molecule has 4 aromatic rings. The minimum absolute atomic E-state index is 0.131. The summed E-state index contributed by atoms with van der Waals surface area (Å²) < 4.78 is 3.54. The molecule has 0 fully saturated rings. The summed E-state index contributed by atoms with van der Waals surface area (Å²) in [7, 11) is 1.81. The predicted octanol–water partition coefficient (Wildman–Crippen LogP) is 3.02. The molecule has 2 N–H and O–H groups in total. The summed E-state index contributed by atoms with van der Waals surface area (Å²) in [5.74, 6) is 0.537. The number of fused-ring (bicyclic) bond motifs is 1. The molecule has 2 aromatic heterocycles. The van der Waals surface area contributed by atoms with Gasteiger partial charge in [0, 0.05) is 19.8 Å². The van der Waals surface area contributed by atoms with Crippen LogP contribution in [-0.2, 0) is 24.9 Å². The molecular formula is C20H20N6O. The number of anilines is 2. The van der Waals surface area contributed by atoms with Gasteiger partial charge in [0.05, 0.1) is 22.9 Å². The first kappa shape index (κ1) is 16.8. The molecule has 7 nitrogen and oxygen atoms in total. The number of amides is 1. The van der Waals surface area contributed by atoms with Gasteiger partial charge < -0.3 is 15.2 Å². The summed E-state index contributed by atoms with van der Waals surface area (Å²) in [5.41, 5.74) is 3.58. The highest BCUT2D eigenvalue weighted by Crippen LogP contribution is 2.20. The third kappa shape index (κ3) is 3.82. The van der Waals surface area contributed by atoms with Crippen LogP contribution in [0.1, 0.15) is 5.56 Å². The first-order valence-corrected chi connectivity index (χ1v) is 8.70. The molecule has 4 rings (SSSR count). The minimum Gasteiger partial charge on any atom is -0.352 e. The van der Waals surface area contributed by atoms with E-state index in [4.69, 9.17) is 0 Å². The molecule has 2 heterocycles. The van der Waals surface area contributed by atoms with Gasteiger partial charge in [-0.15, -0.1) is 0 Å². The molecule has 0 unspecified atom stereocenters. The zero-order chi connectivity index (χ0) is 18.6. The Balaban J connectivity index is 1.56. The van der Waals surface area contributed by atoms with Crippen LogP contribution < -0.4 is 10.6 Å². The number of benzene rings is 2. The molecule has 0 saturated heterocycles. The lowest BCUT2D eigenvalue weighted by Gasteiger charge is -2.11. The lowest BCUT2D eigenvalue weighted by molar-refractivity contribution is -0.116. The van der Waals surface area contributed by atoms with E-state index in [0.29, 0.717) is 18.2 Å². The van der Waals surface area contributed by atoms with Crippen molar-refractivity contribution in [2.24, 2.45) is 7.05 Å². The van der Waals surface area contributed by atoms with Gasteiger partial charge in [-0.2, -0.15) is 5.10 Å². The number of carbonyl (C=O) groups excluding carboxylic acids is 1. The van der Waals surface area contributed by atoms with Gasteiger partial charge in [0.1, 0.15) is 6.54 Å². The van der Waals surface area contributed by atoms with Crippen molar-refractivity contribution in [2.75, 3.05) is 10.6 Å². The largest absolute Gasteiger partial charge is 0.352 e. The maximum Gasteiger partial charge on any atom is 0.244 e. The van der Waals surface area contributed by atoms with Crippen LogP contribution in [0, 0.1) is 0 Å². The highest BCUT2D eigenvalue weighted by molar-refractivity contribution is 5.92. The van der Waals surface area contributed by atoms with Crippen molar-refractivity contribution in [1.29, 1.82) is 0 Å². The van der Waals surface area contributed by atoms with Gasteiger partial charge in [-0.05, 0) is 17.7 Å². The number of hydrogen-bond acceptors (Lipinski definition) is 4. The van der Waals surface area contributed by atoms with Gasteiger partial charge in [-0.3, -0.25) is 9.48 Å². The molecule has 0 aliphatic rings. The number of rotatable bonds is 6. The third-order valence-corrected chi connectivity index (χ3v) is 4.24. The van der Waals surface area contributed by atoms with Crippen molar-refractivity contribution >= 4 is 28.6 Å². The van der Waals surface area contributed by atoms with E-state index >= 15 is 0 Å². The number of carbonyl (C=O) groups is 1. The first-order valence-electron chi connectivity index (χ1n) is 8.70. The van der Waals surface area contributed by atoms with Gasteiger partial charge in [-0.1, -0.05) is 42.5 Å². The molecule has 0 spiro atoms. The van der Waals surface area contributed by atoms with Crippen LogP contribution in [0.25, 0.3) is 11.0 Å². The number of para-hydroxylation sites is 2. The Kier molecular flexibility index (Phi) is 4.57. The van der Waals surface area contributed by atoms with E-state index in [1.54, 1.807) is 17.1 Å². The molecule has 1 amide bonds. The van der Waals surface area contributed by atoms with Crippen molar-refractivity contribution in [3.05, 3.63) is 72.6 Å². The summed E-state index contributed by atoms with van der Waals surface area (Å²) in [6.45, 7) is 0.793. The van der Waals surface area contributed by atoms with Gasteiger partial charge in [-0.25, -0.2) is 4.98 Å². The normalized spacial score (nSPS) is 10.9. The number of imidazole rings is 1. The average molecular weight is 360 g/mol. The second-order valence-electron chi connectivity index (χ2n) is 6.30. The molecule has 27 heavy (non-hydrogen) atoms. The van der Waals surface area contributed by atoms with Crippen molar-refractivity contribution < 1.29 is 4.79 Å². The number of nitrogens with one attached hydrogen (secondary N) is 2. The Morgan fingerprint density at radius 3 is 2.63 bits per heavy atom. The van der Waals surface area contributed by atoms with E-state index in [2.05, 4.69) is 32.8 Å². The third-order valence-electron chi connectivity index (χ3n) is 4.24. The second-order valence-corrected chi connectivity index (χ2v) is 6.30. The van der Waals surface area contributed by atoms with Crippen LogP contribution in [0.15, 0.2) is 67.0 Å². The van der Waals surface area contributed by atoms with E-state index in [9.17, 15) is 4.79 Å². The fourth-order valence-corrected chi connectivity index (χ4v) is 2.98. The van der Waals surface area contributed by atoms with E-state index in [1.165, 1.54) is 0 Å². The van der Waals surface area contributed by atoms with Crippen LogP contribution in [0.5, 0.6) is 0 Å². The van der Waals surface area contributed by atoms with E-state index in [0.717, 1.165) is 16.6 Å². The summed E-state index contributed by atoms with van der Waals surface area (Å²) in [5, 5.41) is 10.3. The molecule has 0 bridgehead atoms. The van der Waals surface area contributed by atoms with E-state index < -0.39 is 0 Å². The van der Waals surface area contributed by atoms with Crippen molar-refractivity contribution in [2.45, 2.75) is 13.1 Å². The predicted molar refractivity (Wildman–Crippen MR) is 105 cm³/mol. The second kappa shape index (κ2) is 7.33. The molecule has 136 valence electrons. The minimum atomic E-state index is -0.131. The maximum atomic E-state index is 12.5. The Labute approximate surface area is 156 Å². The standard InChI is InChI=1S/C20H20N6O/c1-25-13-16(12-22-25)23-19(27)14-26-18-10-6-5-9-17(18)24-20(26)21-11-15-7-3-2-4-8-15/h2-10,12-13H,11,14H2,1H3,(H,21,24)(H,23,27). The molecule has 0 saturated carbocycles. The smallest absolute Gasteiger partial charge is 0.244 e. The topological polar surface area (TPSA) is 76.8 Å². The maximum absolute atomic E-state index is 12.5. The number of aromatic nitrogens is 4. The Morgan fingerprint density at radius 2 is 1.85 bits per heavy atom. The van der Waals surface area contributed by atoms with E-state index in [1.807, 2.05) is 54.1 Å². The first-order chi connectivity index (χ1) is 13.2. The number of nitrogens with zero attached hydrogens (tertiary/aromatic N) is 4. The molecule has 0 atom stereocenters. The van der Waals surface area contributed by atoms with Crippen LogP contribution >= 0.6 is 0 Å². The Morgan fingerprint density at radius 1 is 1.07 bits per heavy atom. The molecule has 7 heteroatoms. The van der Waals surface area contributed by atoms with Gasteiger partial charge in [0.15, 0.2) is 0 Å². The van der Waals surface area contributed by atoms with Crippen LogP contribution in [0.3, 0.4) is 0 Å². The summed E-state index contributed by atoms with van der Waals surface area (Å²) in [6.07, 6.45) is 3.39. The van der Waals surface area contributed by atoms with Crippen molar-refractivity contribution in [1.82, 2.24) is 19.3 Å².